The zero-order chi connectivity index (χ0) is 21.5. The van der Waals surface area contributed by atoms with Crippen molar-refractivity contribution in [2.24, 2.45) is 7.05 Å². The summed E-state index contributed by atoms with van der Waals surface area (Å²) in [5.74, 6) is 0.819. The molecule has 9 heteroatoms. The van der Waals surface area contributed by atoms with Gasteiger partial charge in [-0.05, 0) is 36.2 Å². The molecule has 0 unspecified atom stereocenters. The maximum Gasteiger partial charge on any atom is 0.290 e. The van der Waals surface area contributed by atoms with Gasteiger partial charge in [0.05, 0.1) is 19.0 Å². The SMILES string of the molecule is COc1ccc(CN(C)Cc2cnn(C)c2)cc1-c1ncnc2sccc12.O=CO. The van der Waals surface area contributed by atoms with Gasteiger partial charge in [0.25, 0.3) is 6.47 Å². The van der Waals surface area contributed by atoms with E-state index in [4.69, 9.17) is 14.6 Å². The Morgan fingerprint density at radius 3 is 2.70 bits per heavy atom. The highest BCUT2D eigenvalue weighted by Crippen LogP contribution is 2.35. The molecule has 0 atom stereocenters. The molecule has 0 aliphatic rings. The monoisotopic (exact) mass is 425 g/mol. The molecule has 0 saturated heterocycles. The number of carboxylic acid groups (broad SMARTS) is 1. The second kappa shape index (κ2) is 9.95. The molecule has 8 nitrogen and oxygen atoms in total. The summed E-state index contributed by atoms with van der Waals surface area (Å²) in [6, 6.07) is 8.35. The predicted molar refractivity (Wildman–Crippen MR) is 116 cm³/mol. The lowest BCUT2D eigenvalue weighted by Crippen LogP contribution is -2.17. The number of aryl methyl sites for hydroxylation is 1. The Hall–Kier alpha value is -3.30. The molecule has 1 aromatic carbocycles. The van der Waals surface area contributed by atoms with E-state index in [9.17, 15) is 0 Å². The quantitative estimate of drug-likeness (QED) is 0.473. The molecule has 1 N–H and O–H groups in total. The average molecular weight is 426 g/mol. The first-order valence-corrected chi connectivity index (χ1v) is 10.0. The smallest absolute Gasteiger partial charge is 0.290 e. The maximum atomic E-state index is 8.36. The van der Waals surface area contributed by atoms with Gasteiger partial charge in [-0.2, -0.15) is 5.10 Å². The van der Waals surface area contributed by atoms with E-state index in [0.717, 1.165) is 40.3 Å². The highest BCUT2D eigenvalue weighted by molar-refractivity contribution is 7.16. The average Bonchev–Trinajstić information content (AvgIpc) is 3.37. The molecule has 156 valence electrons. The van der Waals surface area contributed by atoms with E-state index >= 15 is 0 Å². The van der Waals surface area contributed by atoms with Crippen LogP contribution in [0, 0.1) is 0 Å². The largest absolute Gasteiger partial charge is 0.496 e. The Morgan fingerprint density at radius 2 is 2.00 bits per heavy atom. The van der Waals surface area contributed by atoms with Crippen LogP contribution in [0.4, 0.5) is 0 Å². The third kappa shape index (κ3) is 5.00. The number of rotatable bonds is 6. The summed E-state index contributed by atoms with van der Waals surface area (Å²) in [7, 11) is 5.74. The summed E-state index contributed by atoms with van der Waals surface area (Å²) in [6.07, 6.45) is 5.57. The van der Waals surface area contributed by atoms with Crippen molar-refractivity contribution in [2.75, 3.05) is 14.2 Å². The van der Waals surface area contributed by atoms with E-state index in [2.05, 4.69) is 45.2 Å². The number of carbonyl (C=O) groups is 1. The van der Waals surface area contributed by atoms with Gasteiger partial charge < -0.3 is 9.84 Å². The van der Waals surface area contributed by atoms with Crippen LogP contribution in [0.1, 0.15) is 11.1 Å². The minimum absolute atomic E-state index is 0.250. The first-order chi connectivity index (χ1) is 14.5. The van der Waals surface area contributed by atoms with E-state index in [1.807, 2.05) is 35.6 Å². The number of aromatic nitrogens is 4. The van der Waals surface area contributed by atoms with Crippen LogP contribution in [0.2, 0.25) is 0 Å². The third-order valence-electron chi connectivity index (χ3n) is 4.44. The topological polar surface area (TPSA) is 93.4 Å². The van der Waals surface area contributed by atoms with Crippen LogP contribution in [-0.4, -0.2) is 50.4 Å². The van der Waals surface area contributed by atoms with E-state index in [1.165, 1.54) is 11.1 Å². The molecule has 0 fully saturated rings. The minimum Gasteiger partial charge on any atom is -0.496 e. The van der Waals surface area contributed by atoms with Crippen LogP contribution in [-0.2, 0) is 24.9 Å². The van der Waals surface area contributed by atoms with Crippen molar-refractivity contribution in [2.45, 2.75) is 13.1 Å². The molecule has 0 bridgehead atoms. The predicted octanol–water partition coefficient (Wildman–Crippen LogP) is 3.43. The molecular weight excluding hydrogens is 402 g/mol. The first kappa shape index (κ1) is 21.4. The molecule has 3 aromatic heterocycles. The van der Waals surface area contributed by atoms with Crippen LogP contribution < -0.4 is 4.74 Å². The standard InChI is InChI=1S/C20H21N5OS.CH2O2/c1-24(11-15-9-23-25(2)12-15)10-14-4-5-18(26-3)17(8-14)19-16-6-7-27-20(16)22-13-21-19;2-1-3/h4-9,12-13H,10-11H2,1-3H3;1H,(H,2,3). The van der Waals surface area contributed by atoms with Crippen LogP contribution in [0.5, 0.6) is 5.75 Å². The summed E-state index contributed by atoms with van der Waals surface area (Å²) in [5.41, 5.74) is 4.31. The van der Waals surface area contributed by atoms with Crippen LogP contribution in [0.15, 0.2) is 48.4 Å². The van der Waals surface area contributed by atoms with Crippen molar-refractivity contribution in [3.8, 4) is 17.0 Å². The van der Waals surface area contributed by atoms with Crippen molar-refractivity contribution in [1.29, 1.82) is 0 Å². The Labute approximate surface area is 178 Å². The summed E-state index contributed by atoms with van der Waals surface area (Å²) < 4.78 is 7.43. The van der Waals surface area contributed by atoms with Gasteiger partial charge in [0, 0.05) is 42.8 Å². The fourth-order valence-corrected chi connectivity index (χ4v) is 4.01. The Balaban J connectivity index is 0.000000806. The van der Waals surface area contributed by atoms with Gasteiger partial charge >= 0.3 is 0 Å². The zero-order valence-corrected chi connectivity index (χ0v) is 17.8. The number of nitrogens with zero attached hydrogens (tertiary/aromatic N) is 5. The summed E-state index contributed by atoms with van der Waals surface area (Å²) >= 11 is 1.62. The number of hydrogen-bond acceptors (Lipinski definition) is 7. The minimum atomic E-state index is -0.250. The van der Waals surface area contributed by atoms with Crippen LogP contribution in [0.25, 0.3) is 21.5 Å². The molecule has 30 heavy (non-hydrogen) atoms. The lowest BCUT2D eigenvalue weighted by molar-refractivity contribution is -0.122. The number of ether oxygens (including phenoxy) is 1. The van der Waals surface area contributed by atoms with Gasteiger partial charge in [0.2, 0.25) is 0 Å². The second-order valence-corrected chi connectivity index (χ2v) is 7.59. The molecule has 0 aliphatic carbocycles. The molecule has 3 heterocycles. The summed E-state index contributed by atoms with van der Waals surface area (Å²) in [6.45, 7) is 1.42. The van der Waals surface area contributed by atoms with Crippen LogP contribution in [0.3, 0.4) is 0 Å². The van der Waals surface area contributed by atoms with Gasteiger partial charge in [0.1, 0.15) is 16.9 Å². The normalized spacial score (nSPS) is 10.7. The van der Waals surface area contributed by atoms with Crippen molar-refractivity contribution in [3.63, 3.8) is 0 Å². The highest BCUT2D eigenvalue weighted by atomic mass is 32.1. The molecule has 4 rings (SSSR count). The summed E-state index contributed by atoms with van der Waals surface area (Å²) in [4.78, 5) is 20.5. The Bertz CT molecular complexity index is 1120. The molecular formula is C21H23N5O3S. The van der Waals surface area contributed by atoms with E-state index < -0.39 is 0 Å². The van der Waals surface area contributed by atoms with Gasteiger partial charge in [-0.25, -0.2) is 9.97 Å². The van der Waals surface area contributed by atoms with Crippen molar-refractivity contribution < 1.29 is 14.6 Å². The van der Waals surface area contributed by atoms with Crippen molar-refractivity contribution in [1.82, 2.24) is 24.6 Å². The van der Waals surface area contributed by atoms with Gasteiger partial charge in [-0.3, -0.25) is 14.4 Å². The lowest BCUT2D eigenvalue weighted by atomic mass is 10.0. The third-order valence-corrected chi connectivity index (χ3v) is 5.26. The number of methoxy groups -OCH3 is 1. The molecule has 0 radical (unpaired) electrons. The molecule has 0 amide bonds. The van der Waals surface area contributed by atoms with Gasteiger partial charge in [-0.1, -0.05) is 6.07 Å². The van der Waals surface area contributed by atoms with Crippen molar-refractivity contribution >= 4 is 28.0 Å². The molecule has 0 spiro atoms. The number of fused-ring (bicyclic) bond motifs is 1. The number of thiophene rings is 1. The lowest BCUT2D eigenvalue weighted by Gasteiger charge is -2.17. The van der Waals surface area contributed by atoms with Gasteiger partial charge in [-0.15, -0.1) is 11.3 Å². The van der Waals surface area contributed by atoms with Gasteiger partial charge in [0.15, 0.2) is 0 Å². The summed E-state index contributed by atoms with van der Waals surface area (Å²) in [5, 5.41) is 14.2. The maximum absolute atomic E-state index is 8.36. The second-order valence-electron chi connectivity index (χ2n) is 6.70. The fraction of sp³-hybridized carbons (Fsp3) is 0.238. The number of benzene rings is 1. The Morgan fingerprint density at radius 1 is 1.23 bits per heavy atom. The fourth-order valence-electron chi connectivity index (χ4n) is 3.28. The van der Waals surface area contributed by atoms with E-state index in [0.29, 0.717) is 0 Å². The molecule has 0 aliphatic heterocycles. The molecule has 0 saturated carbocycles. The van der Waals surface area contributed by atoms with E-state index in [1.54, 1.807) is 24.8 Å². The zero-order valence-electron chi connectivity index (χ0n) is 17.0. The molecule has 4 aromatic rings. The van der Waals surface area contributed by atoms with E-state index in [-0.39, 0.29) is 6.47 Å². The van der Waals surface area contributed by atoms with Crippen LogP contribution >= 0.6 is 11.3 Å². The van der Waals surface area contributed by atoms with Crippen molar-refractivity contribution in [3.05, 3.63) is 59.5 Å². The Kier molecular flexibility index (Phi) is 7.10. The number of hydrogen-bond donors (Lipinski definition) is 1. The first-order valence-electron chi connectivity index (χ1n) is 9.15. The highest BCUT2D eigenvalue weighted by Gasteiger charge is 2.14.